The second-order valence-corrected chi connectivity index (χ2v) is 9.66. The number of carbonyl (C=O) groups is 3. The monoisotopic (exact) mass is 529 g/mol. The Bertz CT molecular complexity index is 1580. The topological polar surface area (TPSA) is 103 Å². The molecule has 1 N–H and O–H groups in total. The van der Waals surface area contributed by atoms with Gasteiger partial charge in [0.25, 0.3) is 5.91 Å². The lowest BCUT2D eigenvalue weighted by atomic mass is 9.95. The molecule has 1 aliphatic rings. The summed E-state index contributed by atoms with van der Waals surface area (Å²) in [4.78, 5) is 51.3. The van der Waals surface area contributed by atoms with E-state index in [0.29, 0.717) is 16.0 Å². The molecule has 1 fully saturated rings. The molecule has 1 aliphatic carbocycles. The Morgan fingerprint density at radius 1 is 0.842 bits per heavy atom. The Hall–Kier alpha value is -4.23. The molecule has 0 spiro atoms. The Balaban J connectivity index is 1.36. The van der Waals surface area contributed by atoms with Gasteiger partial charge in [0.2, 0.25) is 0 Å². The Morgan fingerprint density at radius 2 is 1.55 bits per heavy atom. The maximum absolute atomic E-state index is 13.0. The fourth-order valence-corrected chi connectivity index (χ4v) is 4.73. The zero-order chi connectivity index (χ0) is 26.6. The van der Waals surface area contributed by atoms with Gasteiger partial charge in [0.05, 0.1) is 5.56 Å². The maximum atomic E-state index is 13.0. The third kappa shape index (κ3) is 5.53. The molecule has 0 atom stereocenters. The number of ketones is 1. The number of nitrogens with one attached hydrogen (secondary N) is 1. The summed E-state index contributed by atoms with van der Waals surface area (Å²) < 4.78 is 10.9. The molecule has 5 rings (SSSR count). The van der Waals surface area contributed by atoms with E-state index in [2.05, 4.69) is 5.32 Å². The van der Waals surface area contributed by atoms with Crippen molar-refractivity contribution in [2.45, 2.75) is 38.1 Å². The molecule has 0 unspecified atom stereocenters. The quantitative estimate of drug-likeness (QED) is 0.143. The molecule has 1 heterocycles. The van der Waals surface area contributed by atoms with Crippen molar-refractivity contribution in [3.8, 4) is 5.75 Å². The van der Waals surface area contributed by atoms with Crippen LogP contribution in [0.3, 0.4) is 0 Å². The third-order valence-electron chi connectivity index (χ3n) is 6.60. The summed E-state index contributed by atoms with van der Waals surface area (Å²) in [6.45, 7) is 0. The molecule has 3 aromatic carbocycles. The van der Waals surface area contributed by atoms with Gasteiger partial charge < -0.3 is 14.5 Å². The van der Waals surface area contributed by atoms with E-state index in [0.717, 1.165) is 32.1 Å². The van der Waals surface area contributed by atoms with Crippen LogP contribution in [-0.4, -0.2) is 23.7 Å². The first-order valence-electron chi connectivity index (χ1n) is 12.4. The molecular formula is C30H24ClNO6. The van der Waals surface area contributed by atoms with Gasteiger partial charge in [0, 0.05) is 33.6 Å². The van der Waals surface area contributed by atoms with Crippen LogP contribution in [0.5, 0.6) is 5.75 Å². The lowest BCUT2D eigenvalue weighted by molar-refractivity contribution is 0.0730. The van der Waals surface area contributed by atoms with Crippen LogP contribution in [0, 0.1) is 0 Å². The van der Waals surface area contributed by atoms with Crippen LogP contribution in [-0.2, 0) is 0 Å². The second kappa shape index (κ2) is 11.0. The Morgan fingerprint density at radius 3 is 2.29 bits per heavy atom. The van der Waals surface area contributed by atoms with Crippen molar-refractivity contribution >= 4 is 40.2 Å². The van der Waals surface area contributed by atoms with Crippen LogP contribution in [0.25, 0.3) is 11.0 Å². The maximum Gasteiger partial charge on any atom is 0.349 e. The number of hydrogen-bond donors (Lipinski definition) is 1. The van der Waals surface area contributed by atoms with Gasteiger partial charge in [-0.2, -0.15) is 0 Å². The minimum Gasteiger partial charge on any atom is -0.423 e. The fraction of sp³-hybridized carbons (Fsp3) is 0.200. The van der Waals surface area contributed by atoms with Crippen LogP contribution in [0.4, 0.5) is 0 Å². The van der Waals surface area contributed by atoms with Crippen molar-refractivity contribution in [1.29, 1.82) is 0 Å². The van der Waals surface area contributed by atoms with E-state index in [1.165, 1.54) is 24.3 Å². The van der Waals surface area contributed by atoms with Crippen molar-refractivity contribution in [3.05, 3.63) is 110 Å². The summed E-state index contributed by atoms with van der Waals surface area (Å²) in [6, 6.07) is 18.8. The van der Waals surface area contributed by atoms with Crippen LogP contribution >= 0.6 is 11.6 Å². The molecule has 0 aliphatic heterocycles. The zero-order valence-corrected chi connectivity index (χ0v) is 21.1. The van der Waals surface area contributed by atoms with Crippen molar-refractivity contribution in [3.63, 3.8) is 0 Å². The van der Waals surface area contributed by atoms with Gasteiger partial charge in [-0.25, -0.2) is 9.59 Å². The molecule has 8 heteroatoms. The van der Waals surface area contributed by atoms with Gasteiger partial charge in [-0.3, -0.25) is 9.59 Å². The highest BCUT2D eigenvalue weighted by Crippen LogP contribution is 2.24. The first-order chi connectivity index (χ1) is 18.4. The average Bonchev–Trinajstić information content (AvgIpc) is 2.93. The van der Waals surface area contributed by atoms with Gasteiger partial charge >= 0.3 is 11.6 Å². The highest BCUT2D eigenvalue weighted by molar-refractivity contribution is 6.30. The second-order valence-electron chi connectivity index (χ2n) is 9.23. The Labute approximate surface area is 223 Å². The zero-order valence-electron chi connectivity index (χ0n) is 20.4. The summed E-state index contributed by atoms with van der Waals surface area (Å²) in [7, 11) is 0. The molecule has 7 nitrogen and oxygen atoms in total. The number of carbonyl (C=O) groups excluding carboxylic acids is 3. The van der Waals surface area contributed by atoms with Gasteiger partial charge in [-0.1, -0.05) is 49.1 Å². The number of rotatable bonds is 6. The molecule has 4 aromatic rings. The number of fused-ring (bicyclic) bond motifs is 1. The SMILES string of the molecule is O=C(Oc1ccc2cc(C(=O)NC3CCCCC3)c(=O)oc2c1)c1ccccc1C(=O)c1ccc(Cl)cc1. The van der Waals surface area contributed by atoms with Crippen LogP contribution < -0.4 is 15.7 Å². The van der Waals surface area contributed by atoms with Gasteiger partial charge in [-0.15, -0.1) is 0 Å². The predicted molar refractivity (Wildman–Crippen MR) is 143 cm³/mol. The number of esters is 1. The number of hydrogen-bond acceptors (Lipinski definition) is 6. The first-order valence-corrected chi connectivity index (χ1v) is 12.8. The molecule has 38 heavy (non-hydrogen) atoms. The lowest BCUT2D eigenvalue weighted by Gasteiger charge is -2.22. The summed E-state index contributed by atoms with van der Waals surface area (Å²) in [5.74, 6) is -1.42. The summed E-state index contributed by atoms with van der Waals surface area (Å²) in [6.07, 6.45) is 5.06. The molecule has 1 amide bonds. The van der Waals surface area contributed by atoms with Gasteiger partial charge in [0.15, 0.2) is 5.78 Å². The summed E-state index contributed by atoms with van der Waals surface area (Å²) in [5, 5.41) is 3.93. The average molecular weight is 530 g/mol. The highest BCUT2D eigenvalue weighted by Gasteiger charge is 2.22. The molecule has 0 bridgehead atoms. The van der Waals surface area contributed by atoms with Crippen molar-refractivity contribution in [1.82, 2.24) is 5.32 Å². The smallest absolute Gasteiger partial charge is 0.349 e. The van der Waals surface area contributed by atoms with Crippen LogP contribution in [0.2, 0.25) is 5.02 Å². The third-order valence-corrected chi connectivity index (χ3v) is 6.85. The first kappa shape index (κ1) is 25.4. The number of halogens is 1. The van der Waals surface area contributed by atoms with E-state index in [9.17, 15) is 19.2 Å². The normalized spacial score (nSPS) is 13.7. The fourth-order valence-electron chi connectivity index (χ4n) is 4.60. The molecule has 0 radical (unpaired) electrons. The van der Waals surface area contributed by atoms with E-state index < -0.39 is 17.5 Å². The van der Waals surface area contributed by atoms with E-state index >= 15 is 0 Å². The minimum absolute atomic E-state index is 0.0580. The highest BCUT2D eigenvalue weighted by atomic mass is 35.5. The largest absolute Gasteiger partial charge is 0.423 e. The van der Waals surface area contributed by atoms with Gasteiger partial charge in [0.1, 0.15) is 16.9 Å². The number of amides is 1. The van der Waals surface area contributed by atoms with Crippen molar-refractivity contribution in [2.24, 2.45) is 0 Å². The molecule has 1 saturated carbocycles. The van der Waals surface area contributed by atoms with E-state index in [-0.39, 0.29) is 39.8 Å². The molecule has 1 aromatic heterocycles. The van der Waals surface area contributed by atoms with Crippen LogP contribution in [0.15, 0.2) is 82.0 Å². The summed E-state index contributed by atoms with van der Waals surface area (Å²) >= 11 is 5.92. The Kier molecular flexibility index (Phi) is 7.38. The van der Waals surface area contributed by atoms with Crippen molar-refractivity contribution < 1.29 is 23.5 Å². The number of benzene rings is 3. The molecular weight excluding hydrogens is 506 g/mol. The summed E-state index contributed by atoms with van der Waals surface area (Å²) in [5.41, 5.74) is -0.0226. The van der Waals surface area contributed by atoms with E-state index in [4.69, 9.17) is 20.8 Å². The van der Waals surface area contributed by atoms with Crippen LogP contribution in [0.1, 0.15) is 68.7 Å². The number of ether oxygens (including phenoxy) is 1. The van der Waals surface area contributed by atoms with Gasteiger partial charge in [-0.05, 0) is 61.4 Å². The predicted octanol–water partition coefficient (Wildman–Crippen LogP) is 5.96. The van der Waals surface area contributed by atoms with Crippen molar-refractivity contribution in [2.75, 3.05) is 0 Å². The van der Waals surface area contributed by atoms with E-state index in [1.807, 2.05) is 0 Å². The molecule has 192 valence electrons. The standard InChI is InChI=1S/C30H24ClNO6/c31-20-13-10-18(11-14-20)27(33)23-8-4-5-9-24(23)29(35)37-22-15-12-19-16-25(30(36)38-26(19)17-22)28(34)32-21-6-2-1-3-7-21/h4-5,8-17,21H,1-3,6-7H2,(H,32,34). The lowest BCUT2D eigenvalue weighted by Crippen LogP contribution is -2.38. The molecule has 0 saturated heterocycles. The van der Waals surface area contributed by atoms with E-state index in [1.54, 1.807) is 48.5 Å². The minimum atomic E-state index is -0.770.